The highest BCUT2D eigenvalue weighted by Crippen LogP contribution is 2.15. The quantitative estimate of drug-likeness (QED) is 0.730. The van der Waals surface area contributed by atoms with Gasteiger partial charge in [-0.2, -0.15) is 0 Å². The van der Waals surface area contributed by atoms with Crippen molar-refractivity contribution >= 4 is 21.4 Å². The SMILES string of the molecule is O=C(CCS(=O)(=O)c1ccccc1)NCCN1CCN(c2ccccc2)CC1. The predicted molar refractivity (Wildman–Crippen MR) is 111 cm³/mol. The number of para-hydroxylation sites is 1. The molecule has 0 aromatic heterocycles. The number of amides is 1. The van der Waals surface area contributed by atoms with Gasteiger partial charge in [-0.15, -0.1) is 0 Å². The van der Waals surface area contributed by atoms with Crippen molar-refractivity contribution in [2.45, 2.75) is 11.3 Å². The summed E-state index contributed by atoms with van der Waals surface area (Å²) < 4.78 is 24.4. The standard InChI is InChI=1S/C21H27N3O3S/c25-21(11-18-28(26,27)20-9-5-2-6-10-20)22-12-13-23-14-16-24(17-15-23)19-7-3-1-4-8-19/h1-10H,11-18H2,(H,22,25). The fourth-order valence-electron chi connectivity index (χ4n) is 3.28. The average Bonchev–Trinajstić information content (AvgIpc) is 2.74. The number of nitrogens with zero attached hydrogens (tertiary/aromatic N) is 2. The van der Waals surface area contributed by atoms with E-state index in [1.807, 2.05) is 6.07 Å². The topological polar surface area (TPSA) is 69.7 Å². The number of carbonyl (C=O) groups excluding carboxylic acids is 1. The highest BCUT2D eigenvalue weighted by Gasteiger charge is 2.18. The highest BCUT2D eigenvalue weighted by molar-refractivity contribution is 7.91. The van der Waals surface area contributed by atoms with E-state index in [-0.39, 0.29) is 23.0 Å². The number of piperazine rings is 1. The van der Waals surface area contributed by atoms with Gasteiger partial charge < -0.3 is 10.2 Å². The van der Waals surface area contributed by atoms with Crippen LogP contribution in [0.1, 0.15) is 6.42 Å². The van der Waals surface area contributed by atoms with Gasteiger partial charge in [0.1, 0.15) is 0 Å². The maximum atomic E-state index is 12.2. The number of benzene rings is 2. The molecule has 150 valence electrons. The van der Waals surface area contributed by atoms with E-state index in [1.54, 1.807) is 30.3 Å². The molecule has 7 heteroatoms. The summed E-state index contributed by atoms with van der Waals surface area (Å²) in [6, 6.07) is 18.6. The Kier molecular flexibility index (Phi) is 7.06. The van der Waals surface area contributed by atoms with Gasteiger partial charge in [0.15, 0.2) is 9.84 Å². The molecule has 0 saturated carbocycles. The van der Waals surface area contributed by atoms with Crippen molar-refractivity contribution in [3.8, 4) is 0 Å². The monoisotopic (exact) mass is 401 g/mol. The van der Waals surface area contributed by atoms with E-state index < -0.39 is 9.84 Å². The summed E-state index contributed by atoms with van der Waals surface area (Å²) in [7, 11) is -3.41. The predicted octanol–water partition coefficient (Wildman–Crippen LogP) is 1.79. The lowest BCUT2D eigenvalue weighted by Crippen LogP contribution is -2.48. The van der Waals surface area contributed by atoms with E-state index in [2.05, 4.69) is 39.4 Å². The molecule has 0 bridgehead atoms. The largest absolute Gasteiger partial charge is 0.369 e. The van der Waals surface area contributed by atoms with Crippen molar-refractivity contribution in [3.63, 3.8) is 0 Å². The molecule has 3 rings (SSSR count). The first-order valence-corrected chi connectivity index (χ1v) is 11.3. The Morgan fingerprint density at radius 1 is 0.893 bits per heavy atom. The summed E-state index contributed by atoms with van der Waals surface area (Å²) >= 11 is 0. The Morgan fingerprint density at radius 2 is 1.50 bits per heavy atom. The number of carbonyl (C=O) groups is 1. The highest BCUT2D eigenvalue weighted by atomic mass is 32.2. The van der Waals surface area contributed by atoms with Crippen LogP contribution in [-0.4, -0.2) is 64.2 Å². The second kappa shape index (κ2) is 9.71. The Labute approximate surface area is 167 Å². The molecular weight excluding hydrogens is 374 g/mol. The van der Waals surface area contributed by atoms with Gasteiger partial charge in [0.05, 0.1) is 10.6 Å². The number of rotatable bonds is 8. The van der Waals surface area contributed by atoms with Crippen LogP contribution in [0.15, 0.2) is 65.6 Å². The summed E-state index contributed by atoms with van der Waals surface area (Å²) in [5, 5.41) is 2.84. The normalized spacial score (nSPS) is 15.4. The van der Waals surface area contributed by atoms with E-state index in [0.29, 0.717) is 6.54 Å². The van der Waals surface area contributed by atoms with Crippen molar-refractivity contribution in [2.75, 3.05) is 49.9 Å². The maximum absolute atomic E-state index is 12.2. The average molecular weight is 402 g/mol. The smallest absolute Gasteiger partial charge is 0.221 e. The van der Waals surface area contributed by atoms with Crippen LogP contribution in [0.25, 0.3) is 0 Å². The summed E-state index contributed by atoms with van der Waals surface area (Å²) in [5.41, 5.74) is 1.25. The Hall–Kier alpha value is -2.38. The second-order valence-electron chi connectivity index (χ2n) is 6.90. The lowest BCUT2D eigenvalue weighted by Gasteiger charge is -2.36. The van der Waals surface area contributed by atoms with E-state index in [9.17, 15) is 13.2 Å². The number of nitrogens with one attached hydrogen (secondary N) is 1. The van der Waals surface area contributed by atoms with Gasteiger partial charge >= 0.3 is 0 Å². The Balaban J connectivity index is 1.34. The number of sulfone groups is 1. The van der Waals surface area contributed by atoms with Crippen molar-refractivity contribution in [1.82, 2.24) is 10.2 Å². The zero-order valence-corrected chi connectivity index (χ0v) is 16.8. The number of hydrogen-bond donors (Lipinski definition) is 1. The molecule has 1 saturated heterocycles. The van der Waals surface area contributed by atoms with Crippen LogP contribution in [-0.2, 0) is 14.6 Å². The molecule has 1 fully saturated rings. The van der Waals surface area contributed by atoms with E-state index >= 15 is 0 Å². The van der Waals surface area contributed by atoms with Crippen molar-refractivity contribution in [2.24, 2.45) is 0 Å². The Bertz CT molecular complexity index is 849. The van der Waals surface area contributed by atoms with Gasteiger partial charge in [-0.25, -0.2) is 8.42 Å². The molecule has 2 aromatic rings. The lowest BCUT2D eigenvalue weighted by molar-refractivity contribution is -0.120. The summed E-state index contributed by atoms with van der Waals surface area (Å²) in [6.07, 6.45) is -0.0149. The molecule has 6 nitrogen and oxygen atoms in total. The first-order valence-electron chi connectivity index (χ1n) is 9.61. The molecule has 0 spiro atoms. The molecule has 1 amide bonds. The summed E-state index contributed by atoms with van der Waals surface area (Å²) in [4.78, 5) is 16.9. The van der Waals surface area contributed by atoms with Gasteiger partial charge in [0.2, 0.25) is 5.91 Å². The molecule has 0 atom stereocenters. The Morgan fingerprint density at radius 3 is 2.14 bits per heavy atom. The van der Waals surface area contributed by atoms with Crippen molar-refractivity contribution < 1.29 is 13.2 Å². The minimum Gasteiger partial charge on any atom is -0.369 e. The molecule has 1 aliphatic rings. The molecule has 1 aliphatic heterocycles. The summed E-state index contributed by atoms with van der Waals surface area (Å²) in [5.74, 6) is -0.388. The van der Waals surface area contributed by atoms with Crippen LogP contribution in [0, 0.1) is 0 Å². The van der Waals surface area contributed by atoms with Crippen LogP contribution >= 0.6 is 0 Å². The van der Waals surface area contributed by atoms with E-state index in [1.165, 1.54) is 5.69 Å². The van der Waals surface area contributed by atoms with Crippen LogP contribution in [0.2, 0.25) is 0 Å². The molecule has 2 aromatic carbocycles. The molecule has 1 N–H and O–H groups in total. The zero-order valence-electron chi connectivity index (χ0n) is 16.0. The number of anilines is 1. The van der Waals surface area contributed by atoms with Crippen molar-refractivity contribution in [3.05, 3.63) is 60.7 Å². The molecule has 28 heavy (non-hydrogen) atoms. The van der Waals surface area contributed by atoms with Crippen LogP contribution < -0.4 is 10.2 Å². The van der Waals surface area contributed by atoms with Crippen LogP contribution in [0.4, 0.5) is 5.69 Å². The van der Waals surface area contributed by atoms with Gasteiger partial charge in [-0.1, -0.05) is 36.4 Å². The van der Waals surface area contributed by atoms with Gasteiger partial charge in [-0.3, -0.25) is 9.69 Å². The zero-order chi connectivity index (χ0) is 19.8. The third kappa shape index (κ3) is 5.81. The minimum absolute atomic E-state index is 0.0149. The second-order valence-corrected chi connectivity index (χ2v) is 9.01. The van der Waals surface area contributed by atoms with E-state index in [4.69, 9.17) is 0 Å². The molecule has 0 radical (unpaired) electrons. The van der Waals surface area contributed by atoms with Gasteiger partial charge in [0, 0.05) is 51.4 Å². The van der Waals surface area contributed by atoms with Crippen LogP contribution in [0.5, 0.6) is 0 Å². The molecule has 1 heterocycles. The minimum atomic E-state index is -3.41. The maximum Gasteiger partial charge on any atom is 0.221 e. The van der Waals surface area contributed by atoms with Gasteiger partial charge in [-0.05, 0) is 24.3 Å². The first kappa shape index (κ1) is 20.4. The lowest BCUT2D eigenvalue weighted by atomic mass is 10.2. The summed E-state index contributed by atoms with van der Waals surface area (Å²) in [6.45, 7) is 5.15. The molecule has 0 aliphatic carbocycles. The van der Waals surface area contributed by atoms with Crippen molar-refractivity contribution in [1.29, 1.82) is 0 Å². The molecular formula is C21H27N3O3S. The molecule has 0 unspecified atom stereocenters. The fraction of sp³-hybridized carbons (Fsp3) is 0.381. The van der Waals surface area contributed by atoms with Crippen LogP contribution in [0.3, 0.4) is 0 Å². The first-order chi connectivity index (χ1) is 13.5. The number of hydrogen-bond acceptors (Lipinski definition) is 5. The third-order valence-electron chi connectivity index (χ3n) is 4.94. The fourth-order valence-corrected chi connectivity index (χ4v) is 4.54. The van der Waals surface area contributed by atoms with E-state index in [0.717, 1.165) is 32.7 Å². The van der Waals surface area contributed by atoms with Gasteiger partial charge in [0.25, 0.3) is 0 Å². The third-order valence-corrected chi connectivity index (χ3v) is 6.68.